The van der Waals surface area contributed by atoms with Gasteiger partial charge in [0.2, 0.25) is 0 Å². The molecule has 96 valence electrons. The SMILES string of the molecule is O=C(OCc1ccccc1)[C@@H]1C[C@]2(CO)C[C@@H]2N1. The Hall–Kier alpha value is -1.39. The summed E-state index contributed by atoms with van der Waals surface area (Å²) >= 11 is 0. The second-order valence-corrected chi connectivity index (χ2v) is 5.29. The van der Waals surface area contributed by atoms with E-state index >= 15 is 0 Å². The van der Waals surface area contributed by atoms with Crippen LogP contribution in [-0.2, 0) is 16.1 Å². The van der Waals surface area contributed by atoms with Crippen molar-refractivity contribution >= 4 is 5.97 Å². The molecule has 0 spiro atoms. The van der Waals surface area contributed by atoms with E-state index in [1.807, 2.05) is 30.3 Å². The molecular formula is C14H17NO3. The number of ether oxygens (including phenoxy) is 1. The van der Waals surface area contributed by atoms with Gasteiger partial charge < -0.3 is 15.2 Å². The summed E-state index contributed by atoms with van der Waals surface area (Å²) in [4.78, 5) is 11.9. The molecule has 2 aliphatic rings. The van der Waals surface area contributed by atoms with Crippen LogP contribution in [0.3, 0.4) is 0 Å². The number of aliphatic hydroxyl groups excluding tert-OH is 1. The van der Waals surface area contributed by atoms with E-state index in [0.29, 0.717) is 19.1 Å². The first-order valence-corrected chi connectivity index (χ1v) is 6.31. The quantitative estimate of drug-likeness (QED) is 0.774. The van der Waals surface area contributed by atoms with Crippen LogP contribution in [0.4, 0.5) is 0 Å². The summed E-state index contributed by atoms with van der Waals surface area (Å²) < 4.78 is 5.29. The average molecular weight is 247 g/mol. The maximum atomic E-state index is 11.9. The number of piperidine rings is 1. The van der Waals surface area contributed by atoms with E-state index in [4.69, 9.17) is 4.74 Å². The van der Waals surface area contributed by atoms with Gasteiger partial charge in [-0.05, 0) is 18.4 Å². The van der Waals surface area contributed by atoms with Crippen LogP contribution < -0.4 is 5.32 Å². The average Bonchev–Trinajstić information content (AvgIpc) is 2.99. The van der Waals surface area contributed by atoms with E-state index in [9.17, 15) is 9.90 Å². The van der Waals surface area contributed by atoms with Gasteiger partial charge in [0.25, 0.3) is 0 Å². The van der Waals surface area contributed by atoms with Crippen molar-refractivity contribution in [3.8, 4) is 0 Å². The first-order chi connectivity index (χ1) is 8.73. The second kappa shape index (κ2) is 4.37. The molecule has 0 aromatic heterocycles. The van der Waals surface area contributed by atoms with Crippen molar-refractivity contribution < 1.29 is 14.6 Å². The van der Waals surface area contributed by atoms with Crippen molar-refractivity contribution in [3.05, 3.63) is 35.9 Å². The van der Waals surface area contributed by atoms with Gasteiger partial charge in [0, 0.05) is 11.5 Å². The smallest absolute Gasteiger partial charge is 0.323 e. The normalized spacial score (nSPS) is 32.9. The summed E-state index contributed by atoms with van der Waals surface area (Å²) in [5.41, 5.74) is 0.946. The number of nitrogens with one attached hydrogen (secondary N) is 1. The lowest BCUT2D eigenvalue weighted by Gasteiger charge is -2.14. The van der Waals surface area contributed by atoms with E-state index in [0.717, 1.165) is 12.0 Å². The molecule has 18 heavy (non-hydrogen) atoms. The molecule has 1 aromatic rings. The molecule has 1 aromatic carbocycles. The highest BCUT2D eigenvalue weighted by molar-refractivity contribution is 5.77. The van der Waals surface area contributed by atoms with Gasteiger partial charge in [-0.1, -0.05) is 30.3 Å². The molecular weight excluding hydrogens is 230 g/mol. The second-order valence-electron chi connectivity index (χ2n) is 5.29. The Labute approximate surface area is 106 Å². The molecule has 2 fully saturated rings. The minimum Gasteiger partial charge on any atom is -0.460 e. The third-order valence-corrected chi connectivity index (χ3v) is 4.03. The van der Waals surface area contributed by atoms with Crippen molar-refractivity contribution in [2.24, 2.45) is 5.41 Å². The van der Waals surface area contributed by atoms with Gasteiger partial charge in [-0.2, -0.15) is 0 Å². The van der Waals surface area contributed by atoms with Crippen LogP contribution in [0.5, 0.6) is 0 Å². The number of hydrogen-bond donors (Lipinski definition) is 2. The van der Waals surface area contributed by atoms with Crippen molar-refractivity contribution in [2.75, 3.05) is 6.61 Å². The molecule has 1 aliphatic carbocycles. The van der Waals surface area contributed by atoms with Crippen LogP contribution >= 0.6 is 0 Å². The van der Waals surface area contributed by atoms with Crippen LogP contribution in [0.2, 0.25) is 0 Å². The van der Waals surface area contributed by atoms with Crippen molar-refractivity contribution in [1.82, 2.24) is 5.32 Å². The number of carbonyl (C=O) groups excluding carboxylic acids is 1. The highest BCUT2D eigenvalue weighted by Gasteiger charge is 2.61. The lowest BCUT2D eigenvalue weighted by Crippen LogP contribution is -2.35. The third kappa shape index (κ3) is 2.02. The zero-order valence-corrected chi connectivity index (χ0v) is 10.1. The molecule has 3 atom stereocenters. The van der Waals surface area contributed by atoms with Crippen molar-refractivity contribution in [1.29, 1.82) is 0 Å². The van der Waals surface area contributed by atoms with Crippen molar-refractivity contribution in [3.63, 3.8) is 0 Å². The molecule has 0 unspecified atom stereocenters. The molecule has 1 aliphatic heterocycles. The highest BCUT2D eigenvalue weighted by atomic mass is 16.5. The Morgan fingerprint density at radius 3 is 2.83 bits per heavy atom. The molecule has 0 bridgehead atoms. The summed E-state index contributed by atoms with van der Waals surface area (Å²) in [6.07, 6.45) is 1.67. The van der Waals surface area contributed by atoms with Crippen LogP contribution in [0.15, 0.2) is 30.3 Å². The maximum absolute atomic E-state index is 11.9. The first kappa shape index (κ1) is 11.7. The van der Waals surface area contributed by atoms with E-state index < -0.39 is 0 Å². The molecule has 1 saturated heterocycles. The summed E-state index contributed by atoms with van der Waals surface area (Å²) in [6.45, 7) is 0.474. The number of hydrogen-bond acceptors (Lipinski definition) is 4. The maximum Gasteiger partial charge on any atom is 0.323 e. The minimum absolute atomic E-state index is 0.0452. The molecule has 4 heteroatoms. The summed E-state index contributed by atoms with van der Waals surface area (Å²) in [5, 5.41) is 12.5. The zero-order chi connectivity index (χ0) is 12.6. The zero-order valence-electron chi connectivity index (χ0n) is 10.1. The molecule has 3 rings (SSSR count). The fourth-order valence-electron chi connectivity index (χ4n) is 2.74. The van der Waals surface area contributed by atoms with Gasteiger partial charge in [-0.15, -0.1) is 0 Å². The lowest BCUT2D eigenvalue weighted by molar-refractivity contribution is -0.147. The highest BCUT2D eigenvalue weighted by Crippen LogP contribution is 2.54. The van der Waals surface area contributed by atoms with Gasteiger partial charge in [-0.3, -0.25) is 4.79 Å². The van der Waals surface area contributed by atoms with Crippen molar-refractivity contribution in [2.45, 2.75) is 31.5 Å². The fraction of sp³-hybridized carbons (Fsp3) is 0.500. The Morgan fingerprint density at radius 1 is 1.39 bits per heavy atom. The van der Waals surface area contributed by atoms with E-state index in [1.54, 1.807) is 0 Å². The molecule has 2 N–H and O–H groups in total. The van der Waals surface area contributed by atoms with Gasteiger partial charge in [0.05, 0.1) is 6.61 Å². The fourth-order valence-corrected chi connectivity index (χ4v) is 2.74. The minimum atomic E-state index is -0.250. The van der Waals surface area contributed by atoms with Gasteiger partial charge >= 0.3 is 5.97 Å². The number of fused-ring (bicyclic) bond motifs is 1. The molecule has 0 radical (unpaired) electrons. The third-order valence-electron chi connectivity index (χ3n) is 4.03. The Morgan fingerprint density at radius 2 is 2.17 bits per heavy atom. The Balaban J connectivity index is 1.51. The van der Waals surface area contributed by atoms with E-state index in [2.05, 4.69) is 5.32 Å². The number of aliphatic hydroxyl groups is 1. The summed E-state index contributed by atoms with van der Waals surface area (Å²) in [7, 11) is 0. The first-order valence-electron chi connectivity index (χ1n) is 6.31. The van der Waals surface area contributed by atoms with Crippen LogP contribution in [-0.4, -0.2) is 29.8 Å². The number of rotatable bonds is 4. The lowest BCUT2D eigenvalue weighted by atomic mass is 10.0. The van der Waals surface area contributed by atoms with Gasteiger partial charge in [0.15, 0.2) is 0 Å². The Kier molecular flexibility index (Phi) is 2.84. The molecule has 1 heterocycles. The molecule has 1 saturated carbocycles. The number of benzene rings is 1. The van der Waals surface area contributed by atoms with Gasteiger partial charge in [-0.25, -0.2) is 0 Å². The van der Waals surface area contributed by atoms with Crippen LogP contribution in [0.25, 0.3) is 0 Å². The predicted molar refractivity (Wildman–Crippen MR) is 65.7 cm³/mol. The number of carbonyl (C=O) groups is 1. The monoisotopic (exact) mass is 247 g/mol. The largest absolute Gasteiger partial charge is 0.460 e. The topological polar surface area (TPSA) is 58.6 Å². The Bertz CT molecular complexity index is 444. The standard InChI is InChI=1S/C14H17NO3/c16-9-14-6-11(15-12(14)7-14)13(17)18-8-10-4-2-1-3-5-10/h1-5,11-12,15-16H,6-9H2/t11-,12-,14+/m0/s1. The molecule has 0 amide bonds. The van der Waals surface area contributed by atoms with Crippen LogP contribution in [0.1, 0.15) is 18.4 Å². The summed E-state index contributed by atoms with van der Waals surface area (Å²) in [5.74, 6) is -0.209. The molecule has 4 nitrogen and oxygen atoms in total. The van der Waals surface area contributed by atoms with Gasteiger partial charge in [0.1, 0.15) is 12.6 Å². The number of esters is 1. The summed E-state index contributed by atoms with van der Waals surface area (Å²) in [6, 6.07) is 9.70. The van der Waals surface area contributed by atoms with E-state index in [-0.39, 0.29) is 24.0 Å². The predicted octanol–water partition coefficient (Wildman–Crippen LogP) is 0.843. The van der Waals surface area contributed by atoms with Crippen LogP contribution in [0, 0.1) is 5.41 Å². The van der Waals surface area contributed by atoms with E-state index in [1.165, 1.54) is 0 Å².